The molecule has 0 saturated heterocycles. The van der Waals surface area contributed by atoms with Crippen LogP contribution >= 0.6 is 11.6 Å². The topological polar surface area (TPSA) is 71.8 Å². The number of hydrogen-bond donors (Lipinski definition) is 1. The van der Waals surface area contributed by atoms with Crippen LogP contribution < -0.4 is 0 Å². The van der Waals surface area contributed by atoms with Crippen molar-refractivity contribution in [1.82, 2.24) is 9.97 Å². The third-order valence-corrected chi connectivity index (χ3v) is 3.05. The lowest BCUT2D eigenvalue weighted by Crippen LogP contribution is -1.90. The van der Waals surface area contributed by atoms with E-state index in [9.17, 15) is 10.1 Å². The molecule has 0 bridgehead atoms. The molecule has 94 valence electrons. The number of nitrogens with one attached hydrogen (secondary N) is 1. The van der Waals surface area contributed by atoms with Gasteiger partial charge in [-0.2, -0.15) is 0 Å². The minimum absolute atomic E-state index is 0.163. The zero-order chi connectivity index (χ0) is 13.4. The number of fused-ring (bicyclic) bond motifs is 1. The first-order valence-corrected chi connectivity index (χ1v) is 5.90. The van der Waals surface area contributed by atoms with Crippen molar-refractivity contribution in [1.29, 1.82) is 0 Å². The number of nitro groups is 1. The van der Waals surface area contributed by atoms with E-state index in [2.05, 4.69) is 9.97 Å². The summed E-state index contributed by atoms with van der Waals surface area (Å²) >= 11 is 5.94. The van der Waals surface area contributed by atoms with Gasteiger partial charge in [0.15, 0.2) is 6.20 Å². The molecule has 5 nitrogen and oxygen atoms in total. The first-order chi connectivity index (χ1) is 9.13. The van der Waals surface area contributed by atoms with Crippen LogP contribution in [-0.4, -0.2) is 14.9 Å². The number of aromatic nitrogens is 2. The number of pyridine rings is 1. The molecule has 0 fully saturated rings. The Bertz CT molecular complexity index is 782. The molecule has 0 amide bonds. The fraction of sp³-hybridized carbons (Fsp3) is 0. The van der Waals surface area contributed by atoms with Gasteiger partial charge in [-0.25, -0.2) is 0 Å². The van der Waals surface area contributed by atoms with E-state index < -0.39 is 4.92 Å². The summed E-state index contributed by atoms with van der Waals surface area (Å²) in [6.45, 7) is 0. The first kappa shape index (κ1) is 11.7. The zero-order valence-corrected chi connectivity index (χ0v) is 10.4. The van der Waals surface area contributed by atoms with E-state index >= 15 is 0 Å². The smallest absolute Gasteiger partial charge is 0.358 e. The van der Waals surface area contributed by atoms with E-state index in [1.165, 1.54) is 12.3 Å². The number of hydrogen-bond acceptors (Lipinski definition) is 3. The Labute approximate surface area is 113 Å². The number of nitrogens with zero attached hydrogens (tertiary/aromatic N) is 2. The summed E-state index contributed by atoms with van der Waals surface area (Å²) in [5.41, 5.74) is 2.52. The van der Waals surface area contributed by atoms with Gasteiger partial charge < -0.3 is 15.1 Å². The van der Waals surface area contributed by atoms with Gasteiger partial charge in [0.05, 0.1) is 5.52 Å². The molecule has 3 rings (SSSR count). The van der Waals surface area contributed by atoms with Crippen molar-refractivity contribution in [3.8, 4) is 11.3 Å². The van der Waals surface area contributed by atoms with E-state index in [-0.39, 0.29) is 5.82 Å². The van der Waals surface area contributed by atoms with Crippen LogP contribution in [0.1, 0.15) is 0 Å². The molecular formula is C13H8ClN3O2. The lowest BCUT2D eigenvalue weighted by atomic mass is 10.1. The van der Waals surface area contributed by atoms with Gasteiger partial charge in [0.25, 0.3) is 0 Å². The Morgan fingerprint density at radius 3 is 2.84 bits per heavy atom. The van der Waals surface area contributed by atoms with Gasteiger partial charge in [0, 0.05) is 22.2 Å². The molecule has 0 aliphatic rings. The maximum Gasteiger partial charge on any atom is 0.364 e. The maximum absolute atomic E-state index is 10.7. The summed E-state index contributed by atoms with van der Waals surface area (Å²) in [6.07, 6.45) is 1.46. The van der Waals surface area contributed by atoms with E-state index in [0.29, 0.717) is 5.02 Å². The van der Waals surface area contributed by atoms with E-state index in [1.807, 2.05) is 24.3 Å². The average molecular weight is 274 g/mol. The number of benzene rings is 1. The van der Waals surface area contributed by atoms with Crippen LogP contribution in [0.4, 0.5) is 5.82 Å². The Morgan fingerprint density at radius 1 is 1.26 bits per heavy atom. The van der Waals surface area contributed by atoms with Crippen molar-refractivity contribution in [3.05, 3.63) is 57.7 Å². The predicted octanol–water partition coefficient (Wildman–Crippen LogP) is 3.79. The molecular weight excluding hydrogens is 266 g/mol. The van der Waals surface area contributed by atoms with Crippen LogP contribution in [0.25, 0.3) is 22.2 Å². The van der Waals surface area contributed by atoms with Crippen LogP contribution in [0, 0.1) is 10.1 Å². The fourth-order valence-electron chi connectivity index (χ4n) is 1.93. The van der Waals surface area contributed by atoms with Gasteiger partial charge in [-0.15, -0.1) is 0 Å². The van der Waals surface area contributed by atoms with E-state index in [4.69, 9.17) is 11.6 Å². The predicted molar refractivity (Wildman–Crippen MR) is 73.2 cm³/mol. The normalized spacial score (nSPS) is 10.8. The maximum atomic E-state index is 10.7. The van der Waals surface area contributed by atoms with Gasteiger partial charge in [-0.05, 0) is 33.7 Å². The Balaban J connectivity index is 2.14. The summed E-state index contributed by atoms with van der Waals surface area (Å²) in [5.74, 6) is -0.163. The largest absolute Gasteiger partial charge is 0.364 e. The molecule has 1 N–H and O–H groups in total. The van der Waals surface area contributed by atoms with Gasteiger partial charge >= 0.3 is 5.82 Å². The highest BCUT2D eigenvalue weighted by molar-refractivity contribution is 6.30. The van der Waals surface area contributed by atoms with Crippen LogP contribution in [0.5, 0.6) is 0 Å². The highest BCUT2D eigenvalue weighted by Gasteiger charge is 2.11. The van der Waals surface area contributed by atoms with Crippen LogP contribution in [-0.2, 0) is 0 Å². The first-order valence-electron chi connectivity index (χ1n) is 5.52. The third-order valence-electron chi connectivity index (χ3n) is 2.81. The molecule has 2 heterocycles. The van der Waals surface area contributed by atoms with E-state index in [0.717, 1.165) is 22.2 Å². The average Bonchev–Trinajstić information content (AvgIpc) is 2.81. The second kappa shape index (κ2) is 4.37. The van der Waals surface area contributed by atoms with Crippen molar-refractivity contribution < 1.29 is 4.92 Å². The van der Waals surface area contributed by atoms with Crippen LogP contribution in [0.3, 0.4) is 0 Å². The van der Waals surface area contributed by atoms with Gasteiger partial charge in [0.1, 0.15) is 0 Å². The van der Waals surface area contributed by atoms with Gasteiger partial charge in [-0.1, -0.05) is 23.7 Å². The molecule has 0 unspecified atom stereocenters. The second-order valence-corrected chi connectivity index (χ2v) is 4.52. The van der Waals surface area contributed by atoms with Gasteiger partial charge in [0.2, 0.25) is 0 Å². The third kappa shape index (κ3) is 2.15. The molecule has 19 heavy (non-hydrogen) atoms. The monoisotopic (exact) mass is 273 g/mol. The molecule has 6 heteroatoms. The quantitative estimate of drug-likeness (QED) is 0.570. The fourth-order valence-corrected chi connectivity index (χ4v) is 2.12. The molecule has 0 aliphatic heterocycles. The molecule has 3 aromatic rings. The van der Waals surface area contributed by atoms with Crippen LogP contribution in [0.2, 0.25) is 5.02 Å². The lowest BCUT2D eigenvalue weighted by molar-refractivity contribution is -0.389. The van der Waals surface area contributed by atoms with Crippen molar-refractivity contribution in [2.45, 2.75) is 0 Å². The van der Waals surface area contributed by atoms with Crippen molar-refractivity contribution in [2.24, 2.45) is 0 Å². The molecule has 1 aromatic carbocycles. The lowest BCUT2D eigenvalue weighted by Gasteiger charge is -1.97. The van der Waals surface area contributed by atoms with Crippen molar-refractivity contribution >= 4 is 28.3 Å². The van der Waals surface area contributed by atoms with Crippen molar-refractivity contribution in [2.75, 3.05) is 0 Å². The second-order valence-electron chi connectivity index (χ2n) is 4.08. The minimum Gasteiger partial charge on any atom is -0.358 e. The number of H-pyrrole nitrogens is 1. The van der Waals surface area contributed by atoms with Crippen LogP contribution in [0.15, 0.2) is 42.6 Å². The summed E-state index contributed by atoms with van der Waals surface area (Å²) in [6, 6.07) is 10.7. The number of aromatic amines is 1. The molecule has 0 spiro atoms. The molecule has 0 saturated carbocycles. The Hall–Kier alpha value is -2.40. The molecule has 0 aliphatic carbocycles. The zero-order valence-electron chi connectivity index (χ0n) is 9.63. The summed E-state index contributed by atoms with van der Waals surface area (Å²) in [5, 5.41) is 12.1. The summed E-state index contributed by atoms with van der Waals surface area (Å²) in [4.78, 5) is 17.1. The highest BCUT2D eigenvalue weighted by Crippen LogP contribution is 2.27. The standard InChI is InChI=1S/C13H8ClN3O2/c14-10-3-1-2-8(4-10)11-5-9-6-13(17(18)19)15-7-12(9)16-11/h1-7,16H. The summed E-state index contributed by atoms with van der Waals surface area (Å²) < 4.78 is 0. The van der Waals surface area contributed by atoms with E-state index in [1.54, 1.807) is 6.07 Å². The molecule has 2 aromatic heterocycles. The minimum atomic E-state index is -0.508. The number of rotatable bonds is 2. The van der Waals surface area contributed by atoms with Crippen molar-refractivity contribution in [3.63, 3.8) is 0 Å². The molecule has 0 atom stereocenters. The SMILES string of the molecule is O=[N+]([O-])c1cc2cc(-c3cccc(Cl)c3)[nH]c2cn1. The highest BCUT2D eigenvalue weighted by atomic mass is 35.5. The number of halogens is 1. The summed E-state index contributed by atoms with van der Waals surface area (Å²) in [7, 11) is 0. The Morgan fingerprint density at radius 2 is 2.11 bits per heavy atom. The van der Waals surface area contributed by atoms with Gasteiger partial charge in [-0.3, -0.25) is 0 Å². The Kier molecular flexibility index (Phi) is 2.68. The molecule has 0 radical (unpaired) electrons.